The molecular weight excluding hydrogens is 198 g/mol. The van der Waals surface area contributed by atoms with Gasteiger partial charge in [0.15, 0.2) is 0 Å². The van der Waals surface area contributed by atoms with E-state index in [9.17, 15) is 0 Å². The normalized spacial score (nSPS) is 15.0. The molecule has 16 heavy (non-hydrogen) atoms. The molecule has 0 aliphatic heterocycles. The molecular formula is C13H25N3. The van der Waals surface area contributed by atoms with Crippen LogP contribution < -0.4 is 5.73 Å². The largest absolute Gasteiger partial charge is 0.337 e. The van der Waals surface area contributed by atoms with Gasteiger partial charge < -0.3 is 10.3 Å². The fourth-order valence-corrected chi connectivity index (χ4v) is 1.97. The lowest BCUT2D eigenvalue weighted by atomic mass is 10.1. The minimum absolute atomic E-state index is 0.247. The Balaban J connectivity index is 2.44. The van der Waals surface area contributed by atoms with Crippen molar-refractivity contribution in [3.8, 4) is 0 Å². The maximum Gasteiger partial charge on any atom is 0.0949 e. The van der Waals surface area contributed by atoms with E-state index in [0.717, 1.165) is 31.0 Å². The van der Waals surface area contributed by atoms with Gasteiger partial charge in [-0.3, -0.25) is 0 Å². The van der Waals surface area contributed by atoms with Crippen molar-refractivity contribution in [2.45, 2.75) is 59.0 Å². The van der Waals surface area contributed by atoms with Gasteiger partial charge in [-0.2, -0.15) is 0 Å². The molecule has 1 aromatic heterocycles. The molecule has 0 aliphatic rings. The molecule has 0 spiro atoms. The van der Waals surface area contributed by atoms with Crippen molar-refractivity contribution in [1.29, 1.82) is 0 Å². The SMILES string of the molecule is CCCC(C)Cn1cnc(CC(N)CC)c1. The van der Waals surface area contributed by atoms with Crippen molar-refractivity contribution in [3.63, 3.8) is 0 Å². The average Bonchev–Trinajstić information content (AvgIpc) is 2.65. The molecule has 0 radical (unpaired) electrons. The Morgan fingerprint density at radius 2 is 2.19 bits per heavy atom. The molecule has 2 N–H and O–H groups in total. The predicted octanol–water partition coefficient (Wildman–Crippen LogP) is 2.60. The van der Waals surface area contributed by atoms with Gasteiger partial charge in [-0.15, -0.1) is 0 Å². The first-order valence-electron chi connectivity index (χ1n) is 6.41. The molecule has 1 aromatic rings. The smallest absolute Gasteiger partial charge is 0.0949 e. The Morgan fingerprint density at radius 3 is 2.81 bits per heavy atom. The van der Waals surface area contributed by atoms with E-state index in [1.54, 1.807) is 0 Å². The highest BCUT2D eigenvalue weighted by atomic mass is 15.0. The summed E-state index contributed by atoms with van der Waals surface area (Å²) in [6, 6.07) is 0.247. The lowest BCUT2D eigenvalue weighted by Gasteiger charge is -2.10. The number of imidazole rings is 1. The van der Waals surface area contributed by atoms with Crippen LogP contribution in [0.3, 0.4) is 0 Å². The molecule has 0 bridgehead atoms. The second-order valence-corrected chi connectivity index (χ2v) is 4.83. The Bertz CT molecular complexity index is 293. The molecule has 0 aromatic carbocycles. The van der Waals surface area contributed by atoms with Gasteiger partial charge in [0, 0.05) is 25.2 Å². The Labute approximate surface area is 99.1 Å². The summed E-state index contributed by atoms with van der Waals surface area (Å²) >= 11 is 0. The molecule has 2 atom stereocenters. The summed E-state index contributed by atoms with van der Waals surface area (Å²) < 4.78 is 2.19. The van der Waals surface area contributed by atoms with Crippen LogP contribution in [0.2, 0.25) is 0 Å². The van der Waals surface area contributed by atoms with Crippen LogP contribution in [0.1, 0.15) is 45.7 Å². The lowest BCUT2D eigenvalue weighted by molar-refractivity contribution is 0.445. The van der Waals surface area contributed by atoms with Gasteiger partial charge in [0.1, 0.15) is 0 Å². The van der Waals surface area contributed by atoms with Gasteiger partial charge >= 0.3 is 0 Å². The van der Waals surface area contributed by atoms with Crippen molar-refractivity contribution in [2.75, 3.05) is 0 Å². The highest BCUT2D eigenvalue weighted by Gasteiger charge is 2.06. The van der Waals surface area contributed by atoms with Gasteiger partial charge in [0.05, 0.1) is 12.0 Å². The molecule has 0 fully saturated rings. The minimum atomic E-state index is 0.247. The highest BCUT2D eigenvalue weighted by molar-refractivity contribution is 4.99. The zero-order valence-corrected chi connectivity index (χ0v) is 10.8. The molecule has 0 saturated carbocycles. The van der Waals surface area contributed by atoms with E-state index in [2.05, 4.69) is 36.5 Å². The Hall–Kier alpha value is -0.830. The first-order chi connectivity index (χ1) is 7.65. The Kier molecular flexibility index (Phi) is 5.53. The number of rotatable bonds is 7. The maximum absolute atomic E-state index is 5.91. The van der Waals surface area contributed by atoms with Crippen molar-refractivity contribution < 1.29 is 0 Å². The molecule has 2 unspecified atom stereocenters. The van der Waals surface area contributed by atoms with Crippen LogP contribution in [0.15, 0.2) is 12.5 Å². The second kappa shape index (κ2) is 6.69. The van der Waals surface area contributed by atoms with Crippen LogP contribution in [-0.2, 0) is 13.0 Å². The predicted molar refractivity (Wildman–Crippen MR) is 68.3 cm³/mol. The second-order valence-electron chi connectivity index (χ2n) is 4.83. The van der Waals surface area contributed by atoms with E-state index in [-0.39, 0.29) is 6.04 Å². The lowest BCUT2D eigenvalue weighted by Crippen LogP contribution is -2.21. The van der Waals surface area contributed by atoms with Crippen LogP contribution >= 0.6 is 0 Å². The van der Waals surface area contributed by atoms with Crippen LogP contribution in [0.4, 0.5) is 0 Å². The first-order valence-corrected chi connectivity index (χ1v) is 6.41. The van der Waals surface area contributed by atoms with Crippen molar-refractivity contribution in [2.24, 2.45) is 11.7 Å². The summed E-state index contributed by atoms with van der Waals surface area (Å²) in [5.74, 6) is 0.729. The van der Waals surface area contributed by atoms with Crippen LogP contribution in [-0.4, -0.2) is 15.6 Å². The van der Waals surface area contributed by atoms with Gasteiger partial charge in [-0.25, -0.2) is 4.98 Å². The number of hydrogen-bond acceptors (Lipinski definition) is 2. The van der Waals surface area contributed by atoms with Crippen molar-refractivity contribution in [1.82, 2.24) is 9.55 Å². The van der Waals surface area contributed by atoms with E-state index in [4.69, 9.17) is 5.73 Å². The minimum Gasteiger partial charge on any atom is -0.337 e. The van der Waals surface area contributed by atoms with E-state index in [0.29, 0.717) is 0 Å². The molecule has 0 amide bonds. The summed E-state index contributed by atoms with van der Waals surface area (Å²) in [7, 11) is 0. The average molecular weight is 223 g/mol. The van der Waals surface area contributed by atoms with E-state index < -0.39 is 0 Å². The summed E-state index contributed by atoms with van der Waals surface area (Å²) in [6.07, 6.45) is 8.52. The summed E-state index contributed by atoms with van der Waals surface area (Å²) in [6.45, 7) is 7.71. The highest BCUT2D eigenvalue weighted by Crippen LogP contribution is 2.09. The summed E-state index contributed by atoms with van der Waals surface area (Å²) in [4.78, 5) is 4.40. The van der Waals surface area contributed by atoms with E-state index in [1.165, 1.54) is 12.8 Å². The third kappa shape index (κ3) is 4.35. The van der Waals surface area contributed by atoms with Crippen molar-refractivity contribution in [3.05, 3.63) is 18.2 Å². The molecule has 3 nitrogen and oxygen atoms in total. The molecule has 1 rings (SSSR count). The summed E-state index contributed by atoms with van der Waals surface area (Å²) in [5, 5.41) is 0. The summed E-state index contributed by atoms with van der Waals surface area (Å²) in [5.41, 5.74) is 7.04. The number of aromatic nitrogens is 2. The van der Waals surface area contributed by atoms with Gasteiger partial charge in [0.25, 0.3) is 0 Å². The third-order valence-electron chi connectivity index (χ3n) is 2.99. The fraction of sp³-hybridized carbons (Fsp3) is 0.769. The van der Waals surface area contributed by atoms with Gasteiger partial charge in [-0.1, -0.05) is 27.2 Å². The van der Waals surface area contributed by atoms with Crippen LogP contribution in [0.5, 0.6) is 0 Å². The topological polar surface area (TPSA) is 43.8 Å². The third-order valence-corrected chi connectivity index (χ3v) is 2.99. The van der Waals surface area contributed by atoms with E-state index in [1.807, 2.05) is 6.33 Å². The molecule has 3 heteroatoms. The van der Waals surface area contributed by atoms with Gasteiger partial charge in [0.2, 0.25) is 0 Å². The van der Waals surface area contributed by atoms with E-state index >= 15 is 0 Å². The fourth-order valence-electron chi connectivity index (χ4n) is 1.97. The van der Waals surface area contributed by atoms with Crippen LogP contribution in [0.25, 0.3) is 0 Å². The molecule has 1 heterocycles. The van der Waals surface area contributed by atoms with Crippen molar-refractivity contribution >= 4 is 0 Å². The zero-order chi connectivity index (χ0) is 12.0. The standard InChI is InChI=1S/C13H25N3/c1-4-6-11(3)8-16-9-13(15-10-16)7-12(14)5-2/h9-12H,4-8,14H2,1-3H3. The molecule has 92 valence electrons. The quantitative estimate of drug-likeness (QED) is 0.772. The number of nitrogens with zero attached hydrogens (tertiary/aromatic N) is 2. The molecule has 0 saturated heterocycles. The monoisotopic (exact) mass is 223 g/mol. The van der Waals surface area contributed by atoms with Crippen LogP contribution in [0, 0.1) is 5.92 Å². The number of hydrogen-bond donors (Lipinski definition) is 1. The number of nitrogens with two attached hydrogens (primary N) is 1. The van der Waals surface area contributed by atoms with Gasteiger partial charge in [-0.05, 0) is 18.8 Å². The molecule has 0 aliphatic carbocycles. The maximum atomic E-state index is 5.91. The zero-order valence-electron chi connectivity index (χ0n) is 10.8. The first kappa shape index (κ1) is 13.2. The Morgan fingerprint density at radius 1 is 1.44 bits per heavy atom.